The van der Waals surface area contributed by atoms with E-state index in [0.29, 0.717) is 23.2 Å². The van der Waals surface area contributed by atoms with Crippen LogP contribution in [0, 0.1) is 0 Å². The van der Waals surface area contributed by atoms with Crippen molar-refractivity contribution < 1.29 is 9.53 Å². The van der Waals surface area contributed by atoms with E-state index in [1.807, 2.05) is 24.3 Å². The van der Waals surface area contributed by atoms with Gasteiger partial charge >= 0.3 is 0 Å². The van der Waals surface area contributed by atoms with E-state index in [9.17, 15) is 4.79 Å². The summed E-state index contributed by atoms with van der Waals surface area (Å²) in [7, 11) is 1.64. The lowest BCUT2D eigenvalue weighted by Gasteiger charge is -2.08. The van der Waals surface area contributed by atoms with Gasteiger partial charge in [-0.15, -0.1) is 0 Å². The highest BCUT2D eigenvalue weighted by Gasteiger charge is 2.09. The van der Waals surface area contributed by atoms with Crippen LogP contribution in [0.2, 0.25) is 5.02 Å². The number of hydrogen-bond acceptors (Lipinski definition) is 5. The van der Waals surface area contributed by atoms with Crippen molar-refractivity contribution >= 4 is 29.1 Å². The monoisotopic (exact) mass is 382 g/mol. The maximum atomic E-state index is 12.3. The summed E-state index contributed by atoms with van der Waals surface area (Å²) in [6.07, 6.45) is 2.33. The summed E-state index contributed by atoms with van der Waals surface area (Å²) < 4.78 is 5.22. The van der Waals surface area contributed by atoms with Crippen molar-refractivity contribution in [1.29, 1.82) is 0 Å². The molecule has 0 aliphatic heterocycles. The maximum Gasteiger partial charge on any atom is 0.274 e. The van der Waals surface area contributed by atoms with Crippen LogP contribution in [0.5, 0.6) is 5.75 Å². The molecule has 2 N–H and O–H groups in total. The summed E-state index contributed by atoms with van der Waals surface area (Å²) in [5.74, 6) is 0.918. The van der Waals surface area contributed by atoms with Crippen molar-refractivity contribution in [2.24, 2.45) is 0 Å². The number of aromatic nitrogens is 2. The molecule has 0 atom stereocenters. The zero-order valence-corrected chi connectivity index (χ0v) is 15.5. The molecule has 0 saturated carbocycles. The molecule has 1 heterocycles. The molecule has 0 bridgehead atoms. The van der Waals surface area contributed by atoms with Gasteiger partial charge in [0.15, 0.2) is 0 Å². The number of carbonyl (C=O) groups excluding carboxylic acids is 1. The number of nitrogens with one attached hydrogen (secondary N) is 2. The maximum absolute atomic E-state index is 12.3. The SMILES string of the molecule is COc1cccc(CCNc2nccc(C(=O)Nc3ccc(Cl)cc3)n2)c1. The Labute approximate surface area is 162 Å². The molecule has 0 radical (unpaired) electrons. The van der Waals surface area contributed by atoms with Gasteiger partial charge in [-0.2, -0.15) is 0 Å². The normalized spacial score (nSPS) is 10.3. The van der Waals surface area contributed by atoms with E-state index in [1.54, 1.807) is 43.6 Å². The Morgan fingerprint density at radius 1 is 1.15 bits per heavy atom. The zero-order valence-electron chi connectivity index (χ0n) is 14.8. The fraction of sp³-hybridized carbons (Fsp3) is 0.150. The lowest BCUT2D eigenvalue weighted by atomic mass is 10.1. The van der Waals surface area contributed by atoms with Crippen molar-refractivity contribution in [2.45, 2.75) is 6.42 Å². The Morgan fingerprint density at radius 2 is 1.96 bits per heavy atom. The highest BCUT2D eigenvalue weighted by molar-refractivity contribution is 6.30. The second-order valence-electron chi connectivity index (χ2n) is 5.75. The van der Waals surface area contributed by atoms with Crippen molar-refractivity contribution in [2.75, 3.05) is 24.3 Å². The molecule has 0 saturated heterocycles. The Morgan fingerprint density at radius 3 is 2.74 bits per heavy atom. The van der Waals surface area contributed by atoms with Crippen LogP contribution in [0.1, 0.15) is 16.1 Å². The highest BCUT2D eigenvalue weighted by atomic mass is 35.5. The molecule has 1 amide bonds. The Bertz CT molecular complexity index is 916. The van der Waals surface area contributed by atoms with Crippen molar-refractivity contribution in [1.82, 2.24) is 9.97 Å². The van der Waals surface area contributed by atoms with Gasteiger partial charge in [-0.25, -0.2) is 9.97 Å². The summed E-state index contributed by atoms with van der Waals surface area (Å²) in [6.45, 7) is 0.634. The van der Waals surface area contributed by atoms with Gasteiger partial charge in [0, 0.05) is 23.5 Å². The van der Waals surface area contributed by atoms with E-state index < -0.39 is 0 Å². The predicted octanol–water partition coefficient (Wildman–Crippen LogP) is 4.05. The number of rotatable bonds is 7. The van der Waals surface area contributed by atoms with Crippen LogP contribution in [0.3, 0.4) is 0 Å². The number of nitrogens with zero attached hydrogens (tertiary/aromatic N) is 2. The van der Waals surface area contributed by atoms with E-state index in [-0.39, 0.29) is 11.6 Å². The van der Waals surface area contributed by atoms with E-state index in [2.05, 4.69) is 20.6 Å². The number of amides is 1. The van der Waals surface area contributed by atoms with Crippen LogP contribution >= 0.6 is 11.6 Å². The lowest BCUT2D eigenvalue weighted by molar-refractivity contribution is 0.102. The molecule has 27 heavy (non-hydrogen) atoms. The van der Waals surface area contributed by atoms with Gasteiger partial charge in [-0.05, 0) is 54.4 Å². The van der Waals surface area contributed by atoms with Gasteiger partial charge in [-0.1, -0.05) is 23.7 Å². The number of benzene rings is 2. The second kappa shape index (κ2) is 9.00. The molecule has 2 aromatic carbocycles. The first-order valence-corrected chi connectivity index (χ1v) is 8.78. The number of methoxy groups -OCH3 is 1. The first-order valence-electron chi connectivity index (χ1n) is 8.41. The summed E-state index contributed by atoms with van der Waals surface area (Å²) in [6, 6.07) is 16.3. The third-order valence-electron chi connectivity index (χ3n) is 3.82. The first-order chi connectivity index (χ1) is 13.1. The van der Waals surface area contributed by atoms with Gasteiger partial charge in [0.05, 0.1) is 7.11 Å². The van der Waals surface area contributed by atoms with Crippen LogP contribution in [0.15, 0.2) is 60.8 Å². The topological polar surface area (TPSA) is 76.1 Å². The minimum Gasteiger partial charge on any atom is -0.497 e. The third-order valence-corrected chi connectivity index (χ3v) is 4.07. The standard InChI is InChI=1S/C20H19ClN4O2/c1-27-17-4-2-3-14(13-17)9-11-22-20-23-12-10-18(25-20)19(26)24-16-7-5-15(21)6-8-16/h2-8,10,12-13H,9,11H2,1H3,(H,24,26)(H,22,23,25). The average molecular weight is 383 g/mol. The predicted molar refractivity (Wildman–Crippen MR) is 107 cm³/mol. The Hall–Kier alpha value is -3.12. The molecule has 0 aliphatic carbocycles. The number of carbonyl (C=O) groups is 1. The van der Waals surface area contributed by atoms with Crippen molar-refractivity contribution in [3.05, 3.63) is 77.1 Å². The summed E-state index contributed by atoms with van der Waals surface area (Å²) >= 11 is 5.85. The molecule has 0 unspecified atom stereocenters. The molecule has 0 spiro atoms. The van der Waals surface area contributed by atoms with Gasteiger partial charge in [-0.3, -0.25) is 4.79 Å². The van der Waals surface area contributed by atoms with Gasteiger partial charge in [0.25, 0.3) is 5.91 Å². The van der Waals surface area contributed by atoms with Crippen molar-refractivity contribution in [3.63, 3.8) is 0 Å². The quantitative estimate of drug-likeness (QED) is 0.644. The van der Waals surface area contributed by atoms with E-state index in [0.717, 1.165) is 17.7 Å². The summed E-state index contributed by atoms with van der Waals surface area (Å²) in [5.41, 5.74) is 2.07. The molecule has 0 aliphatic rings. The van der Waals surface area contributed by atoms with Gasteiger partial charge in [0.1, 0.15) is 11.4 Å². The second-order valence-corrected chi connectivity index (χ2v) is 6.19. The number of hydrogen-bond donors (Lipinski definition) is 2. The lowest BCUT2D eigenvalue weighted by Crippen LogP contribution is -2.16. The van der Waals surface area contributed by atoms with Crippen LogP contribution in [0.25, 0.3) is 0 Å². The van der Waals surface area contributed by atoms with Crippen LogP contribution in [0.4, 0.5) is 11.6 Å². The van der Waals surface area contributed by atoms with Crippen molar-refractivity contribution in [3.8, 4) is 5.75 Å². The van der Waals surface area contributed by atoms with Crippen LogP contribution in [-0.4, -0.2) is 29.5 Å². The first kappa shape index (κ1) is 18.7. The van der Waals surface area contributed by atoms with E-state index in [1.165, 1.54) is 0 Å². The summed E-state index contributed by atoms with van der Waals surface area (Å²) in [4.78, 5) is 20.8. The molecular weight excluding hydrogens is 364 g/mol. The molecule has 3 aromatic rings. The smallest absolute Gasteiger partial charge is 0.274 e. The fourth-order valence-electron chi connectivity index (χ4n) is 2.45. The average Bonchev–Trinajstić information content (AvgIpc) is 2.70. The van der Waals surface area contributed by atoms with Gasteiger partial charge in [0.2, 0.25) is 5.95 Å². The van der Waals surface area contributed by atoms with E-state index >= 15 is 0 Å². The molecule has 138 valence electrons. The van der Waals surface area contributed by atoms with E-state index in [4.69, 9.17) is 16.3 Å². The third kappa shape index (κ3) is 5.43. The fourth-order valence-corrected chi connectivity index (χ4v) is 2.57. The number of halogens is 1. The summed E-state index contributed by atoms with van der Waals surface area (Å²) in [5, 5.41) is 6.52. The van der Waals surface area contributed by atoms with Crippen LogP contribution in [-0.2, 0) is 6.42 Å². The molecular formula is C20H19ClN4O2. The largest absolute Gasteiger partial charge is 0.497 e. The number of anilines is 2. The molecule has 0 fully saturated rings. The Kier molecular flexibility index (Phi) is 6.22. The molecule has 3 rings (SSSR count). The minimum absolute atomic E-state index is 0.281. The molecule has 1 aromatic heterocycles. The Balaban J connectivity index is 1.57. The highest BCUT2D eigenvalue weighted by Crippen LogP contribution is 2.15. The molecule has 6 nitrogen and oxygen atoms in total. The minimum atomic E-state index is -0.310. The molecule has 7 heteroatoms. The van der Waals surface area contributed by atoms with Crippen LogP contribution < -0.4 is 15.4 Å². The zero-order chi connectivity index (χ0) is 19.1. The number of ether oxygens (including phenoxy) is 1. The van der Waals surface area contributed by atoms with Gasteiger partial charge < -0.3 is 15.4 Å².